The fourth-order valence-electron chi connectivity index (χ4n) is 4.84. The molecule has 2 N–H and O–H groups in total. The number of carbonyl (C=O) groups excluding carboxylic acids is 1. The number of halogens is 1. The topological polar surface area (TPSA) is 77.0 Å². The quantitative estimate of drug-likeness (QED) is 0.224. The number of imidazole rings is 1. The van der Waals surface area contributed by atoms with Crippen LogP contribution in [0.3, 0.4) is 0 Å². The molecule has 0 saturated heterocycles. The SMILES string of the molecule is CC[C@@H](C)[C@H](c1nc(-c2ccccc2)c(C)n1Cc1ccccc1)N(CCCN)C(=O)c1ccc(Cl)nc1. The molecule has 0 saturated carbocycles. The minimum atomic E-state index is -0.255. The van der Waals surface area contributed by atoms with Gasteiger partial charge in [0.2, 0.25) is 0 Å². The van der Waals surface area contributed by atoms with Crippen LogP contribution in [0, 0.1) is 12.8 Å². The summed E-state index contributed by atoms with van der Waals surface area (Å²) in [7, 11) is 0. The highest BCUT2D eigenvalue weighted by Crippen LogP contribution is 2.36. The van der Waals surface area contributed by atoms with Crippen molar-refractivity contribution in [3.05, 3.63) is 107 Å². The summed E-state index contributed by atoms with van der Waals surface area (Å²) in [6, 6.07) is 23.7. The van der Waals surface area contributed by atoms with Crippen LogP contribution in [0.2, 0.25) is 5.15 Å². The van der Waals surface area contributed by atoms with E-state index in [1.807, 2.05) is 29.2 Å². The van der Waals surface area contributed by atoms with E-state index in [-0.39, 0.29) is 17.9 Å². The molecule has 4 aromatic rings. The van der Waals surface area contributed by atoms with E-state index in [2.05, 4.69) is 66.7 Å². The van der Waals surface area contributed by atoms with Gasteiger partial charge in [0, 0.05) is 30.5 Å². The molecule has 6 nitrogen and oxygen atoms in total. The maximum Gasteiger partial charge on any atom is 0.256 e. The van der Waals surface area contributed by atoms with Gasteiger partial charge in [-0.3, -0.25) is 4.79 Å². The molecule has 198 valence electrons. The lowest BCUT2D eigenvalue weighted by atomic mass is 9.95. The van der Waals surface area contributed by atoms with Crippen LogP contribution in [-0.2, 0) is 6.54 Å². The summed E-state index contributed by atoms with van der Waals surface area (Å²) in [5.74, 6) is 0.935. The predicted octanol–water partition coefficient (Wildman–Crippen LogP) is 6.53. The highest BCUT2D eigenvalue weighted by atomic mass is 35.5. The second-order valence-corrected chi connectivity index (χ2v) is 10.1. The van der Waals surface area contributed by atoms with Crippen molar-refractivity contribution < 1.29 is 4.79 Å². The lowest BCUT2D eigenvalue weighted by Gasteiger charge is -2.35. The van der Waals surface area contributed by atoms with E-state index in [1.165, 1.54) is 5.56 Å². The summed E-state index contributed by atoms with van der Waals surface area (Å²) in [5, 5.41) is 0.357. The molecule has 0 bridgehead atoms. The Morgan fingerprint density at radius 3 is 2.34 bits per heavy atom. The van der Waals surface area contributed by atoms with Crippen molar-refractivity contribution in [1.29, 1.82) is 0 Å². The summed E-state index contributed by atoms with van der Waals surface area (Å²) in [5.41, 5.74) is 10.7. The molecule has 0 fully saturated rings. The number of benzene rings is 2. The van der Waals surface area contributed by atoms with E-state index in [0.717, 1.165) is 29.2 Å². The van der Waals surface area contributed by atoms with Gasteiger partial charge in [-0.2, -0.15) is 0 Å². The van der Waals surface area contributed by atoms with Crippen molar-refractivity contribution >= 4 is 17.5 Å². The Labute approximate surface area is 230 Å². The van der Waals surface area contributed by atoms with Crippen LogP contribution in [0.15, 0.2) is 79.0 Å². The Hall–Kier alpha value is -3.48. The second-order valence-electron chi connectivity index (χ2n) is 9.68. The van der Waals surface area contributed by atoms with E-state index in [0.29, 0.717) is 36.8 Å². The van der Waals surface area contributed by atoms with Crippen molar-refractivity contribution in [3.63, 3.8) is 0 Å². The first-order valence-corrected chi connectivity index (χ1v) is 13.6. The van der Waals surface area contributed by atoms with Crippen molar-refractivity contribution in [2.75, 3.05) is 13.1 Å². The molecule has 0 radical (unpaired) electrons. The van der Waals surface area contributed by atoms with Gasteiger partial charge in [0.15, 0.2) is 0 Å². The van der Waals surface area contributed by atoms with Crippen LogP contribution in [-0.4, -0.2) is 38.4 Å². The highest BCUT2D eigenvalue weighted by molar-refractivity contribution is 6.29. The first-order valence-electron chi connectivity index (χ1n) is 13.2. The van der Waals surface area contributed by atoms with Gasteiger partial charge in [-0.05, 0) is 43.5 Å². The molecule has 0 aliphatic rings. The first-order chi connectivity index (χ1) is 18.4. The number of hydrogen-bond donors (Lipinski definition) is 1. The van der Waals surface area contributed by atoms with E-state index < -0.39 is 0 Å². The van der Waals surface area contributed by atoms with Crippen molar-refractivity contribution in [3.8, 4) is 11.3 Å². The summed E-state index contributed by atoms with van der Waals surface area (Å²) in [6.07, 6.45) is 3.11. The lowest BCUT2D eigenvalue weighted by molar-refractivity contribution is 0.0589. The number of carbonyl (C=O) groups is 1. The van der Waals surface area contributed by atoms with Gasteiger partial charge >= 0.3 is 0 Å². The van der Waals surface area contributed by atoms with Gasteiger partial charge in [-0.15, -0.1) is 0 Å². The van der Waals surface area contributed by atoms with Crippen LogP contribution < -0.4 is 5.73 Å². The zero-order chi connectivity index (χ0) is 27.1. The molecule has 4 rings (SSSR count). The minimum absolute atomic E-state index is 0.0962. The van der Waals surface area contributed by atoms with Crippen LogP contribution in [0.25, 0.3) is 11.3 Å². The molecule has 0 unspecified atom stereocenters. The number of rotatable bonds is 11. The maximum atomic E-state index is 14.0. The van der Waals surface area contributed by atoms with E-state index in [1.54, 1.807) is 18.3 Å². The maximum absolute atomic E-state index is 14.0. The molecule has 2 aromatic carbocycles. The molecule has 7 heteroatoms. The average molecular weight is 530 g/mol. The highest BCUT2D eigenvalue weighted by Gasteiger charge is 2.34. The van der Waals surface area contributed by atoms with Gasteiger partial charge in [0.25, 0.3) is 5.91 Å². The summed E-state index contributed by atoms with van der Waals surface area (Å²) in [6.45, 7) is 8.13. The molecular weight excluding hydrogens is 494 g/mol. The first kappa shape index (κ1) is 27.6. The predicted molar refractivity (Wildman–Crippen MR) is 154 cm³/mol. The summed E-state index contributed by atoms with van der Waals surface area (Å²) >= 11 is 6.02. The minimum Gasteiger partial charge on any atom is -0.330 e. The fraction of sp³-hybridized carbons (Fsp3) is 0.323. The Morgan fingerprint density at radius 1 is 1.05 bits per heavy atom. The van der Waals surface area contributed by atoms with Gasteiger partial charge in [-0.1, -0.05) is 92.5 Å². The number of hydrogen-bond acceptors (Lipinski definition) is 4. The van der Waals surface area contributed by atoms with Crippen LogP contribution in [0.1, 0.15) is 60.2 Å². The van der Waals surface area contributed by atoms with Crippen LogP contribution in [0.5, 0.6) is 0 Å². The van der Waals surface area contributed by atoms with E-state index in [9.17, 15) is 4.79 Å². The molecule has 2 atom stereocenters. The molecular formula is C31H36ClN5O. The van der Waals surface area contributed by atoms with Gasteiger partial charge in [-0.25, -0.2) is 9.97 Å². The largest absolute Gasteiger partial charge is 0.330 e. The number of pyridine rings is 1. The summed E-state index contributed by atoms with van der Waals surface area (Å²) in [4.78, 5) is 25.4. The normalized spacial score (nSPS) is 12.8. The van der Waals surface area contributed by atoms with E-state index in [4.69, 9.17) is 22.3 Å². The standard InChI is InChI=1S/C31H36ClN5O/c1-4-22(2)29(36(19-11-18-33)31(38)26-16-17-27(32)34-20-26)30-35-28(25-14-9-6-10-15-25)23(3)37(30)21-24-12-7-5-8-13-24/h5-10,12-17,20,22,29H,4,11,18-19,21,33H2,1-3H3/t22-,29-/m1/s1. The van der Waals surface area contributed by atoms with Gasteiger partial charge < -0.3 is 15.2 Å². The van der Waals surface area contributed by atoms with Gasteiger partial charge in [0.05, 0.1) is 17.3 Å². The molecule has 0 spiro atoms. The third-order valence-electron chi connectivity index (χ3n) is 7.10. The molecule has 38 heavy (non-hydrogen) atoms. The smallest absolute Gasteiger partial charge is 0.256 e. The average Bonchev–Trinajstić information content (AvgIpc) is 3.26. The number of amides is 1. The monoisotopic (exact) mass is 529 g/mol. The number of aromatic nitrogens is 3. The third kappa shape index (κ3) is 6.14. The zero-order valence-electron chi connectivity index (χ0n) is 22.3. The van der Waals surface area contributed by atoms with Crippen molar-refractivity contribution in [2.24, 2.45) is 11.7 Å². The third-order valence-corrected chi connectivity index (χ3v) is 7.33. The molecule has 0 aliphatic heterocycles. The fourth-order valence-corrected chi connectivity index (χ4v) is 4.95. The van der Waals surface area contributed by atoms with Crippen molar-refractivity contribution in [2.45, 2.75) is 46.2 Å². The molecule has 2 heterocycles. The van der Waals surface area contributed by atoms with Crippen LogP contribution in [0.4, 0.5) is 0 Å². The summed E-state index contributed by atoms with van der Waals surface area (Å²) < 4.78 is 2.28. The zero-order valence-corrected chi connectivity index (χ0v) is 23.1. The second kappa shape index (κ2) is 12.9. The molecule has 0 aliphatic carbocycles. The Kier molecular flexibility index (Phi) is 9.32. The van der Waals surface area contributed by atoms with E-state index >= 15 is 0 Å². The Bertz CT molecular complexity index is 1320. The number of nitrogens with zero attached hydrogens (tertiary/aromatic N) is 4. The number of nitrogens with two attached hydrogens (primary N) is 1. The van der Waals surface area contributed by atoms with Gasteiger partial charge in [0.1, 0.15) is 11.0 Å². The molecule has 1 amide bonds. The van der Waals surface area contributed by atoms with Crippen LogP contribution >= 0.6 is 11.6 Å². The molecule has 2 aromatic heterocycles. The Balaban J connectivity index is 1.88. The lowest BCUT2D eigenvalue weighted by Crippen LogP contribution is -2.40. The van der Waals surface area contributed by atoms with Crippen molar-refractivity contribution in [1.82, 2.24) is 19.4 Å². The Morgan fingerprint density at radius 2 is 1.74 bits per heavy atom.